The van der Waals surface area contributed by atoms with Gasteiger partial charge in [-0.3, -0.25) is 0 Å². The first-order chi connectivity index (χ1) is 8.33. The zero-order valence-electron chi connectivity index (χ0n) is 9.19. The fraction of sp³-hybridized carbons (Fsp3) is 0.333. The van der Waals surface area contributed by atoms with E-state index in [9.17, 15) is 0 Å². The van der Waals surface area contributed by atoms with Crippen molar-refractivity contribution in [2.24, 2.45) is 0 Å². The molecular weight excluding hydrogens is 254 g/mol. The van der Waals surface area contributed by atoms with Gasteiger partial charge in [0.25, 0.3) is 0 Å². The average molecular weight is 266 g/mol. The van der Waals surface area contributed by atoms with Gasteiger partial charge in [-0.25, -0.2) is 9.97 Å². The summed E-state index contributed by atoms with van der Waals surface area (Å²) in [5.41, 5.74) is 1.76. The topological polar surface area (TPSA) is 37.8 Å². The monoisotopic (exact) mass is 265 g/mol. The molecule has 1 aliphatic heterocycles. The highest BCUT2D eigenvalue weighted by Gasteiger charge is 2.18. The van der Waals surface area contributed by atoms with Crippen LogP contribution >= 0.6 is 23.4 Å². The summed E-state index contributed by atoms with van der Waals surface area (Å²) in [6.07, 6.45) is 1.16. The molecule has 0 amide bonds. The van der Waals surface area contributed by atoms with E-state index in [1.165, 1.54) is 0 Å². The summed E-state index contributed by atoms with van der Waals surface area (Å²) in [5, 5.41) is 5.26. The van der Waals surface area contributed by atoms with Crippen molar-refractivity contribution in [1.29, 1.82) is 0 Å². The Bertz CT molecular complexity index is 540. The van der Waals surface area contributed by atoms with Gasteiger partial charge in [0.05, 0.1) is 11.0 Å². The number of benzene rings is 1. The summed E-state index contributed by atoms with van der Waals surface area (Å²) >= 11 is 7.89. The number of fused-ring (bicyclic) bond motifs is 1. The second-order valence-corrected chi connectivity index (χ2v) is 5.69. The highest BCUT2D eigenvalue weighted by Crippen LogP contribution is 2.31. The molecule has 0 unspecified atom stereocenters. The van der Waals surface area contributed by atoms with Gasteiger partial charge < -0.3 is 5.32 Å². The molecule has 0 aliphatic carbocycles. The van der Waals surface area contributed by atoms with Crippen LogP contribution in [0.25, 0.3) is 11.0 Å². The van der Waals surface area contributed by atoms with E-state index in [4.69, 9.17) is 11.6 Å². The molecule has 1 saturated heterocycles. The molecule has 1 atom stereocenters. The maximum absolute atomic E-state index is 6.17. The molecule has 3 nitrogen and oxygen atoms in total. The van der Waals surface area contributed by atoms with Crippen LogP contribution in [-0.2, 0) is 0 Å². The van der Waals surface area contributed by atoms with Crippen LogP contribution in [-0.4, -0.2) is 28.3 Å². The van der Waals surface area contributed by atoms with E-state index in [1.54, 1.807) is 11.8 Å². The summed E-state index contributed by atoms with van der Waals surface area (Å²) in [7, 11) is 0. The Hall–Kier alpha value is -0.840. The minimum absolute atomic E-state index is 0.514. The number of aromatic nitrogens is 2. The van der Waals surface area contributed by atoms with E-state index >= 15 is 0 Å². The summed E-state index contributed by atoms with van der Waals surface area (Å²) in [4.78, 5) is 8.96. The smallest absolute Gasteiger partial charge is 0.161 e. The van der Waals surface area contributed by atoms with Crippen LogP contribution in [0.15, 0.2) is 29.3 Å². The van der Waals surface area contributed by atoms with Crippen LogP contribution in [0.4, 0.5) is 0 Å². The van der Waals surface area contributed by atoms with Gasteiger partial charge in [-0.2, -0.15) is 0 Å². The van der Waals surface area contributed by atoms with Gasteiger partial charge in [0.2, 0.25) is 0 Å². The number of hydrogen-bond acceptors (Lipinski definition) is 4. The van der Waals surface area contributed by atoms with Gasteiger partial charge in [-0.1, -0.05) is 35.5 Å². The molecule has 0 bridgehead atoms. The highest BCUT2D eigenvalue weighted by molar-refractivity contribution is 8.00. The van der Waals surface area contributed by atoms with Gasteiger partial charge >= 0.3 is 0 Å². The number of para-hydroxylation sites is 2. The van der Waals surface area contributed by atoms with Crippen molar-refractivity contribution in [2.75, 3.05) is 13.1 Å². The molecule has 0 saturated carbocycles. The van der Waals surface area contributed by atoms with Gasteiger partial charge in [0.15, 0.2) is 5.15 Å². The Labute approximate surface area is 109 Å². The van der Waals surface area contributed by atoms with Crippen LogP contribution in [0.3, 0.4) is 0 Å². The Kier molecular flexibility index (Phi) is 3.18. The molecule has 1 fully saturated rings. The summed E-state index contributed by atoms with van der Waals surface area (Å²) in [5.74, 6) is 0. The number of nitrogens with one attached hydrogen (secondary N) is 1. The van der Waals surface area contributed by atoms with Crippen molar-refractivity contribution in [1.82, 2.24) is 15.3 Å². The summed E-state index contributed by atoms with van der Waals surface area (Å²) < 4.78 is 0. The zero-order chi connectivity index (χ0) is 11.7. The van der Waals surface area contributed by atoms with E-state index in [1.807, 2.05) is 24.3 Å². The predicted molar refractivity (Wildman–Crippen MR) is 71.7 cm³/mol. The lowest BCUT2D eigenvalue weighted by molar-refractivity contribution is 0.858. The molecule has 1 N–H and O–H groups in total. The summed E-state index contributed by atoms with van der Waals surface area (Å²) in [6, 6.07) is 7.81. The molecule has 1 aromatic carbocycles. The van der Waals surface area contributed by atoms with Crippen molar-refractivity contribution in [3.63, 3.8) is 0 Å². The third kappa shape index (κ3) is 2.39. The Morgan fingerprint density at radius 1 is 1.24 bits per heavy atom. The second kappa shape index (κ2) is 4.80. The molecule has 5 heteroatoms. The molecule has 17 heavy (non-hydrogen) atoms. The number of thioether (sulfide) groups is 1. The molecule has 1 aliphatic rings. The molecule has 0 radical (unpaired) electrons. The SMILES string of the molecule is Clc1nc2ccccc2nc1S[C@@H]1CCNC1. The minimum Gasteiger partial charge on any atom is -0.316 e. The standard InChI is InChI=1S/C12H12ClN3S/c13-11-12(17-8-5-6-14-7-8)16-10-4-2-1-3-9(10)15-11/h1-4,8,14H,5-7H2/t8-/m1/s1. The lowest BCUT2D eigenvalue weighted by Gasteiger charge is -2.09. The van der Waals surface area contributed by atoms with Crippen molar-refractivity contribution < 1.29 is 0 Å². The van der Waals surface area contributed by atoms with Crippen LogP contribution < -0.4 is 5.32 Å². The van der Waals surface area contributed by atoms with Gasteiger partial charge in [-0.05, 0) is 25.1 Å². The number of hydrogen-bond donors (Lipinski definition) is 1. The molecule has 3 rings (SSSR count). The molecular formula is C12H12ClN3S. The average Bonchev–Trinajstić information content (AvgIpc) is 2.83. The Morgan fingerprint density at radius 2 is 2.00 bits per heavy atom. The number of rotatable bonds is 2. The Balaban J connectivity index is 1.95. The fourth-order valence-corrected chi connectivity index (χ4v) is 3.24. The van der Waals surface area contributed by atoms with Crippen molar-refractivity contribution >= 4 is 34.4 Å². The van der Waals surface area contributed by atoms with Gasteiger partial charge in [0, 0.05) is 11.8 Å². The fourth-order valence-electron chi connectivity index (χ4n) is 1.92. The van der Waals surface area contributed by atoms with Crippen LogP contribution in [0.5, 0.6) is 0 Å². The number of halogens is 1. The van der Waals surface area contributed by atoms with Crippen molar-refractivity contribution in [2.45, 2.75) is 16.7 Å². The van der Waals surface area contributed by atoms with Gasteiger partial charge in [-0.15, -0.1) is 0 Å². The molecule has 1 aromatic heterocycles. The van der Waals surface area contributed by atoms with E-state index < -0.39 is 0 Å². The first-order valence-corrected chi connectivity index (χ1v) is 6.88. The van der Waals surface area contributed by atoms with Crippen LogP contribution in [0, 0.1) is 0 Å². The maximum atomic E-state index is 6.17. The van der Waals surface area contributed by atoms with Crippen molar-refractivity contribution in [3.05, 3.63) is 29.4 Å². The lowest BCUT2D eigenvalue weighted by atomic mass is 10.3. The van der Waals surface area contributed by atoms with E-state index in [0.717, 1.165) is 35.6 Å². The van der Waals surface area contributed by atoms with E-state index in [2.05, 4.69) is 15.3 Å². The second-order valence-electron chi connectivity index (χ2n) is 4.04. The lowest BCUT2D eigenvalue weighted by Crippen LogP contribution is -2.10. The highest BCUT2D eigenvalue weighted by atomic mass is 35.5. The maximum Gasteiger partial charge on any atom is 0.161 e. The summed E-state index contributed by atoms with van der Waals surface area (Å²) in [6.45, 7) is 2.10. The quantitative estimate of drug-likeness (QED) is 0.906. The van der Waals surface area contributed by atoms with Gasteiger partial charge in [0.1, 0.15) is 5.03 Å². The first kappa shape index (κ1) is 11.3. The largest absolute Gasteiger partial charge is 0.316 e. The van der Waals surface area contributed by atoms with Crippen LogP contribution in [0.1, 0.15) is 6.42 Å². The third-order valence-corrected chi connectivity index (χ3v) is 4.41. The predicted octanol–water partition coefficient (Wildman–Crippen LogP) is 2.74. The molecule has 88 valence electrons. The number of nitrogens with zero attached hydrogens (tertiary/aromatic N) is 2. The molecule has 0 spiro atoms. The van der Waals surface area contributed by atoms with Crippen molar-refractivity contribution in [3.8, 4) is 0 Å². The Morgan fingerprint density at radius 3 is 2.71 bits per heavy atom. The minimum atomic E-state index is 0.514. The normalized spacial score (nSPS) is 19.9. The zero-order valence-corrected chi connectivity index (χ0v) is 10.8. The van der Waals surface area contributed by atoms with E-state index in [-0.39, 0.29) is 0 Å². The third-order valence-electron chi connectivity index (χ3n) is 2.79. The van der Waals surface area contributed by atoms with Crippen LogP contribution in [0.2, 0.25) is 5.15 Å². The first-order valence-electron chi connectivity index (χ1n) is 5.62. The van der Waals surface area contributed by atoms with E-state index in [0.29, 0.717) is 10.4 Å². The molecule has 2 heterocycles. The molecule has 2 aromatic rings.